The van der Waals surface area contributed by atoms with Crippen LogP contribution in [-0.2, 0) is 11.3 Å². The summed E-state index contributed by atoms with van der Waals surface area (Å²) in [4.78, 5) is 22.6. The fraction of sp³-hybridized carbons (Fsp3) is 0.583. The summed E-state index contributed by atoms with van der Waals surface area (Å²) in [6, 6.07) is 0. The van der Waals surface area contributed by atoms with E-state index in [0.29, 0.717) is 5.69 Å². The van der Waals surface area contributed by atoms with E-state index in [0.717, 1.165) is 6.42 Å². The lowest BCUT2D eigenvalue weighted by molar-refractivity contribution is -0.123. The Kier molecular flexibility index (Phi) is 4.11. The number of hydrogen-bond acceptors (Lipinski definition) is 3. The van der Waals surface area contributed by atoms with Gasteiger partial charge in [0, 0.05) is 5.54 Å². The van der Waals surface area contributed by atoms with Crippen molar-refractivity contribution in [1.82, 2.24) is 15.1 Å². The Morgan fingerprint density at radius 2 is 2.11 bits per heavy atom. The van der Waals surface area contributed by atoms with Gasteiger partial charge in [-0.15, -0.1) is 0 Å². The van der Waals surface area contributed by atoms with Gasteiger partial charge in [0.05, 0.1) is 11.9 Å². The largest absolute Gasteiger partial charge is 0.478 e. The highest BCUT2D eigenvalue weighted by Crippen LogP contribution is 2.09. The van der Waals surface area contributed by atoms with Gasteiger partial charge in [0.25, 0.3) is 0 Å². The molecular weight excluding hydrogens is 234 g/mol. The molecule has 1 amide bonds. The first kappa shape index (κ1) is 14.2. The number of nitrogens with zero attached hydrogens (tertiary/aromatic N) is 2. The zero-order valence-electron chi connectivity index (χ0n) is 11.1. The number of aromatic nitrogens is 2. The van der Waals surface area contributed by atoms with Gasteiger partial charge in [-0.05, 0) is 27.2 Å². The Morgan fingerprint density at radius 1 is 1.50 bits per heavy atom. The van der Waals surface area contributed by atoms with Crippen molar-refractivity contribution >= 4 is 11.9 Å². The molecule has 100 valence electrons. The molecule has 18 heavy (non-hydrogen) atoms. The molecule has 2 N–H and O–H groups in total. The molecule has 0 saturated carbocycles. The molecule has 0 aromatic carbocycles. The van der Waals surface area contributed by atoms with E-state index in [-0.39, 0.29) is 23.6 Å². The molecule has 0 fully saturated rings. The predicted octanol–water partition coefficient (Wildman–Crippen LogP) is 1.19. The van der Waals surface area contributed by atoms with E-state index in [1.54, 1.807) is 6.92 Å². The molecule has 0 unspecified atom stereocenters. The summed E-state index contributed by atoms with van der Waals surface area (Å²) in [6.45, 7) is 7.52. The molecule has 6 nitrogen and oxygen atoms in total. The first-order chi connectivity index (χ1) is 8.26. The SMILES string of the molecule is CCC(C)(C)NC(=O)Cn1ncc(C(=O)O)c1C. The summed E-state index contributed by atoms with van der Waals surface area (Å²) in [5.74, 6) is -1.21. The van der Waals surface area contributed by atoms with E-state index < -0.39 is 5.97 Å². The summed E-state index contributed by atoms with van der Waals surface area (Å²) < 4.78 is 1.39. The summed E-state index contributed by atoms with van der Waals surface area (Å²) in [5, 5.41) is 15.7. The van der Waals surface area contributed by atoms with Gasteiger partial charge in [0.1, 0.15) is 12.1 Å². The fourth-order valence-corrected chi connectivity index (χ4v) is 1.46. The van der Waals surface area contributed by atoms with E-state index >= 15 is 0 Å². The Morgan fingerprint density at radius 3 is 2.56 bits per heavy atom. The minimum absolute atomic E-state index is 0.0303. The number of carboxylic acid groups (broad SMARTS) is 1. The smallest absolute Gasteiger partial charge is 0.339 e. The van der Waals surface area contributed by atoms with Gasteiger partial charge in [-0.25, -0.2) is 4.79 Å². The second kappa shape index (κ2) is 5.20. The third-order valence-electron chi connectivity index (χ3n) is 2.99. The Bertz CT molecular complexity index is 463. The van der Waals surface area contributed by atoms with E-state index in [9.17, 15) is 9.59 Å². The van der Waals surface area contributed by atoms with Crippen LogP contribution in [0.2, 0.25) is 0 Å². The molecule has 1 aromatic heterocycles. The van der Waals surface area contributed by atoms with Crippen molar-refractivity contribution < 1.29 is 14.7 Å². The highest BCUT2D eigenvalue weighted by Gasteiger charge is 2.19. The van der Waals surface area contributed by atoms with E-state index in [1.165, 1.54) is 10.9 Å². The molecule has 0 spiro atoms. The van der Waals surface area contributed by atoms with E-state index in [1.807, 2.05) is 20.8 Å². The lowest BCUT2D eigenvalue weighted by atomic mass is 10.0. The summed E-state index contributed by atoms with van der Waals surface area (Å²) >= 11 is 0. The van der Waals surface area contributed by atoms with Crippen molar-refractivity contribution in [3.05, 3.63) is 17.5 Å². The molecule has 6 heteroatoms. The van der Waals surface area contributed by atoms with E-state index in [4.69, 9.17) is 5.11 Å². The van der Waals surface area contributed by atoms with Crippen molar-refractivity contribution in [1.29, 1.82) is 0 Å². The number of carbonyl (C=O) groups is 2. The quantitative estimate of drug-likeness (QED) is 0.825. The van der Waals surface area contributed by atoms with Crippen molar-refractivity contribution in [3.8, 4) is 0 Å². The van der Waals surface area contributed by atoms with Crippen LogP contribution in [0.5, 0.6) is 0 Å². The second-order valence-electron chi connectivity index (χ2n) is 4.89. The van der Waals surface area contributed by atoms with Gasteiger partial charge >= 0.3 is 5.97 Å². The Hall–Kier alpha value is -1.85. The molecule has 0 radical (unpaired) electrons. The van der Waals surface area contributed by atoms with Crippen LogP contribution in [0, 0.1) is 6.92 Å². The zero-order valence-corrected chi connectivity index (χ0v) is 11.1. The van der Waals surface area contributed by atoms with Crippen molar-refractivity contribution in [2.75, 3.05) is 0 Å². The highest BCUT2D eigenvalue weighted by atomic mass is 16.4. The number of rotatable bonds is 5. The number of hydrogen-bond donors (Lipinski definition) is 2. The number of amides is 1. The minimum Gasteiger partial charge on any atom is -0.478 e. The minimum atomic E-state index is -1.03. The number of nitrogens with one attached hydrogen (secondary N) is 1. The van der Waals surface area contributed by atoms with Gasteiger partial charge in [0.15, 0.2) is 0 Å². The van der Waals surface area contributed by atoms with E-state index in [2.05, 4.69) is 10.4 Å². The summed E-state index contributed by atoms with van der Waals surface area (Å²) in [6.07, 6.45) is 2.08. The molecule has 0 saturated heterocycles. The van der Waals surface area contributed by atoms with Crippen LogP contribution in [0.3, 0.4) is 0 Å². The molecule has 0 atom stereocenters. The molecule has 1 rings (SSSR count). The Balaban J connectivity index is 2.74. The maximum absolute atomic E-state index is 11.8. The van der Waals surface area contributed by atoms with Crippen LogP contribution >= 0.6 is 0 Å². The number of aromatic carboxylic acids is 1. The van der Waals surface area contributed by atoms with Crippen molar-refractivity contribution in [2.24, 2.45) is 0 Å². The molecular formula is C12H19N3O3. The first-order valence-corrected chi connectivity index (χ1v) is 5.83. The maximum Gasteiger partial charge on any atom is 0.339 e. The number of carboxylic acids is 1. The monoisotopic (exact) mass is 253 g/mol. The lowest BCUT2D eigenvalue weighted by Crippen LogP contribution is -2.44. The topological polar surface area (TPSA) is 84.2 Å². The summed E-state index contributed by atoms with van der Waals surface area (Å²) in [5.41, 5.74) is 0.331. The molecule has 1 aromatic rings. The van der Waals surface area contributed by atoms with Gasteiger partial charge in [-0.3, -0.25) is 9.48 Å². The van der Waals surface area contributed by atoms with Crippen LogP contribution in [-0.4, -0.2) is 32.3 Å². The third-order valence-corrected chi connectivity index (χ3v) is 2.99. The Labute approximate surface area is 106 Å². The van der Waals surface area contributed by atoms with Crippen LogP contribution in [0.15, 0.2) is 6.20 Å². The van der Waals surface area contributed by atoms with Crippen molar-refractivity contribution in [2.45, 2.75) is 46.2 Å². The molecule has 0 aliphatic carbocycles. The van der Waals surface area contributed by atoms with Crippen LogP contribution in [0.1, 0.15) is 43.2 Å². The van der Waals surface area contributed by atoms with Gasteiger partial charge in [-0.1, -0.05) is 6.92 Å². The maximum atomic E-state index is 11.8. The first-order valence-electron chi connectivity index (χ1n) is 5.83. The van der Waals surface area contributed by atoms with Crippen LogP contribution in [0.4, 0.5) is 0 Å². The average molecular weight is 253 g/mol. The molecule has 0 aliphatic heterocycles. The van der Waals surface area contributed by atoms with Gasteiger partial charge < -0.3 is 10.4 Å². The molecule has 0 bridgehead atoms. The predicted molar refractivity (Wildman–Crippen MR) is 66.4 cm³/mol. The van der Waals surface area contributed by atoms with Crippen molar-refractivity contribution in [3.63, 3.8) is 0 Å². The average Bonchev–Trinajstić information content (AvgIpc) is 2.59. The van der Waals surface area contributed by atoms with Gasteiger partial charge in [-0.2, -0.15) is 5.10 Å². The second-order valence-corrected chi connectivity index (χ2v) is 4.89. The molecule has 0 aliphatic rings. The highest BCUT2D eigenvalue weighted by molar-refractivity contribution is 5.88. The third kappa shape index (κ3) is 3.32. The molecule has 1 heterocycles. The van der Waals surface area contributed by atoms with Crippen LogP contribution < -0.4 is 5.32 Å². The fourth-order valence-electron chi connectivity index (χ4n) is 1.46. The summed E-state index contributed by atoms with van der Waals surface area (Å²) in [7, 11) is 0. The van der Waals surface area contributed by atoms with Gasteiger partial charge in [0.2, 0.25) is 5.91 Å². The normalized spacial score (nSPS) is 11.3. The number of carbonyl (C=O) groups excluding carboxylic acids is 1. The lowest BCUT2D eigenvalue weighted by Gasteiger charge is -2.24. The zero-order chi connectivity index (χ0) is 13.9. The van der Waals surface area contributed by atoms with Crippen LogP contribution in [0.25, 0.3) is 0 Å². The standard InChI is InChI=1S/C12H19N3O3/c1-5-12(3,4)14-10(16)7-15-8(2)9(6-13-15)11(17)18/h6H,5,7H2,1-4H3,(H,14,16)(H,17,18).